The maximum atomic E-state index is 2.55. The van der Waals surface area contributed by atoms with Crippen LogP contribution in [-0.4, -0.2) is 0 Å². The van der Waals surface area contributed by atoms with E-state index < -0.39 is 0 Å². The molecular weight excluding hydrogens is 615 g/mol. The van der Waals surface area contributed by atoms with E-state index in [1.165, 1.54) is 93.3 Å². The Labute approximate surface area is 301 Å². The average molecular weight is 656 g/mol. The fourth-order valence-corrected chi connectivity index (χ4v) is 11.4. The first kappa shape index (κ1) is 29.3. The van der Waals surface area contributed by atoms with E-state index in [1.807, 2.05) is 0 Å². The number of rotatable bonds is 5. The number of hydrogen-bond acceptors (Lipinski definition) is 1. The number of nitrogens with zero attached hydrogens (tertiary/aromatic N) is 1. The largest absolute Gasteiger partial charge is 0.310 e. The highest BCUT2D eigenvalue weighted by Crippen LogP contribution is 2.69. The Bertz CT molecular complexity index is 2410. The quantitative estimate of drug-likeness (QED) is 0.178. The van der Waals surface area contributed by atoms with Gasteiger partial charge in [-0.15, -0.1) is 0 Å². The Kier molecular flexibility index (Phi) is 6.50. The topological polar surface area (TPSA) is 3.24 Å². The van der Waals surface area contributed by atoms with Gasteiger partial charge in [-0.05, 0) is 154 Å². The third-order valence-corrected chi connectivity index (χ3v) is 13.2. The Morgan fingerprint density at radius 1 is 0.373 bits per heavy atom. The molecule has 4 saturated carbocycles. The summed E-state index contributed by atoms with van der Waals surface area (Å²) < 4.78 is 0. The molecule has 0 amide bonds. The summed E-state index contributed by atoms with van der Waals surface area (Å²) >= 11 is 0. The molecule has 0 heterocycles. The molecule has 0 saturated heterocycles. The van der Waals surface area contributed by atoms with Crippen LogP contribution in [0.5, 0.6) is 0 Å². The van der Waals surface area contributed by atoms with Crippen molar-refractivity contribution < 1.29 is 0 Å². The molecule has 0 unspecified atom stereocenters. The lowest BCUT2D eigenvalue weighted by molar-refractivity contribution is -0.0399. The zero-order valence-corrected chi connectivity index (χ0v) is 28.9. The van der Waals surface area contributed by atoms with Gasteiger partial charge in [-0.1, -0.05) is 121 Å². The van der Waals surface area contributed by atoms with Crippen molar-refractivity contribution in [2.45, 2.75) is 37.5 Å². The van der Waals surface area contributed by atoms with E-state index in [-0.39, 0.29) is 5.41 Å². The maximum absolute atomic E-state index is 2.55. The van der Waals surface area contributed by atoms with E-state index in [1.54, 1.807) is 11.1 Å². The van der Waals surface area contributed by atoms with Gasteiger partial charge in [0.2, 0.25) is 0 Å². The SMILES string of the molecule is c1ccc(-c2ccc(N(c3cccc(-c4ccc5ccccc5c4)c3)c3ccc4c(c3)-c3ccccc3C43C4CC5CC(C4)CC3C5)cc2)cc1. The average Bonchev–Trinajstić information content (AvgIpc) is 3.47. The summed E-state index contributed by atoms with van der Waals surface area (Å²) in [6, 6.07) is 61.4. The first-order chi connectivity index (χ1) is 25.2. The number of anilines is 3. The summed E-state index contributed by atoms with van der Waals surface area (Å²) in [6.07, 6.45) is 7.11. The van der Waals surface area contributed by atoms with Crippen LogP contribution in [0.15, 0.2) is 164 Å². The molecule has 7 aromatic carbocycles. The summed E-state index contributed by atoms with van der Waals surface area (Å²) in [5.74, 6) is 3.42. The molecule has 5 aliphatic carbocycles. The van der Waals surface area contributed by atoms with Crippen LogP contribution in [0.1, 0.15) is 43.2 Å². The van der Waals surface area contributed by atoms with Crippen molar-refractivity contribution in [1.29, 1.82) is 0 Å². The van der Waals surface area contributed by atoms with Crippen LogP contribution in [0.3, 0.4) is 0 Å². The van der Waals surface area contributed by atoms with Crippen LogP contribution in [0.2, 0.25) is 0 Å². The number of benzene rings is 7. The molecule has 0 radical (unpaired) electrons. The van der Waals surface area contributed by atoms with Crippen molar-refractivity contribution in [3.8, 4) is 33.4 Å². The summed E-state index contributed by atoms with van der Waals surface area (Å²) in [4.78, 5) is 2.48. The minimum Gasteiger partial charge on any atom is -0.310 e. The summed E-state index contributed by atoms with van der Waals surface area (Å²) in [5.41, 5.74) is 14.8. The van der Waals surface area contributed by atoms with E-state index in [2.05, 4.69) is 169 Å². The van der Waals surface area contributed by atoms with Crippen LogP contribution in [0.25, 0.3) is 44.2 Å². The van der Waals surface area contributed by atoms with Crippen LogP contribution in [0, 0.1) is 23.7 Å². The highest BCUT2D eigenvalue weighted by atomic mass is 15.1. The summed E-state index contributed by atoms with van der Waals surface area (Å²) in [6.45, 7) is 0. The van der Waals surface area contributed by atoms with Crippen molar-refractivity contribution in [3.05, 3.63) is 175 Å². The maximum Gasteiger partial charge on any atom is 0.0468 e. The van der Waals surface area contributed by atoms with Gasteiger partial charge in [0, 0.05) is 22.5 Å². The molecule has 7 aromatic rings. The second-order valence-electron chi connectivity index (χ2n) is 15.8. The Morgan fingerprint density at radius 3 is 1.76 bits per heavy atom. The van der Waals surface area contributed by atoms with Gasteiger partial charge >= 0.3 is 0 Å². The molecule has 0 aliphatic heterocycles. The van der Waals surface area contributed by atoms with E-state index in [0.29, 0.717) is 0 Å². The van der Waals surface area contributed by atoms with Crippen LogP contribution < -0.4 is 4.90 Å². The molecule has 51 heavy (non-hydrogen) atoms. The zero-order valence-electron chi connectivity index (χ0n) is 28.9. The van der Waals surface area contributed by atoms with Crippen molar-refractivity contribution in [2.24, 2.45) is 23.7 Å². The van der Waals surface area contributed by atoms with Gasteiger partial charge in [0.05, 0.1) is 0 Å². The third kappa shape index (κ3) is 4.47. The van der Waals surface area contributed by atoms with Gasteiger partial charge in [0.25, 0.3) is 0 Å². The van der Waals surface area contributed by atoms with Crippen molar-refractivity contribution in [2.75, 3.05) is 4.90 Å². The first-order valence-corrected chi connectivity index (χ1v) is 19.0. The molecule has 4 bridgehead atoms. The lowest BCUT2D eigenvalue weighted by Crippen LogP contribution is -2.55. The van der Waals surface area contributed by atoms with Crippen LogP contribution in [-0.2, 0) is 5.41 Å². The molecule has 4 fully saturated rings. The molecule has 0 N–H and O–H groups in total. The van der Waals surface area contributed by atoms with Gasteiger partial charge in [-0.25, -0.2) is 0 Å². The zero-order chi connectivity index (χ0) is 33.5. The van der Waals surface area contributed by atoms with Crippen molar-refractivity contribution >= 4 is 27.8 Å². The van der Waals surface area contributed by atoms with Crippen LogP contribution in [0.4, 0.5) is 17.1 Å². The smallest absolute Gasteiger partial charge is 0.0468 e. The van der Waals surface area contributed by atoms with Gasteiger partial charge in [-0.2, -0.15) is 0 Å². The first-order valence-electron chi connectivity index (χ1n) is 19.0. The predicted molar refractivity (Wildman–Crippen MR) is 213 cm³/mol. The Morgan fingerprint density at radius 2 is 0.961 bits per heavy atom. The fourth-order valence-electron chi connectivity index (χ4n) is 11.4. The normalized spacial score (nSPS) is 23.8. The van der Waals surface area contributed by atoms with E-state index in [4.69, 9.17) is 0 Å². The predicted octanol–water partition coefficient (Wildman–Crippen LogP) is 13.4. The summed E-state index contributed by atoms with van der Waals surface area (Å²) in [7, 11) is 0. The monoisotopic (exact) mass is 655 g/mol. The number of hydrogen-bond donors (Lipinski definition) is 0. The molecule has 246 valence electrons. The van der Waals surface area contributed by atoms with Crippen LogP contribution >= 0.6 is 0 Å². The molecule has 1 nitrogen and oxygen atoms in total. The molecule has 0 atom stereocenters. The van der Waals surface area contributed by atoms with Crippen molar-refractivity contribution in [3.63, 3.8) is 0 Å². The highest BCUT2D eigenvalue weighted by molar-refractivity contribution is 5.90. The van der Waals surface area contributed by atoms with E-state index in [9.17, 15) is 0 Å². The molecule has 1 heteroatoms. The van der Waals surface area contributed by atoms with E-state index in [0.717, 1.165) is 23.7 Å². The molecule has 5 aliphatic rings. The fraction of sp³-hybridized carbons (Fsp3) is 0.200. The summed E-state index contributed by atoms with van der Waals surface area (Å²) in [5, 5.41) is 2.54. The highest BCUT2D eigenvalue weighted by Gasteiger charge is 2.61. The standard InChI is InChI=1S/C50H41N/c1-2-9-35(10-3-1)37-19-21-43(22-20-37)51(44-14-8-13-39(31-44)40-18-17-36-11-4-5-12-38(36)30-40)45-23-24-49-47(32-45)46-15-6-7-16-48(46)50(49)41-26-33-25-34(28-41)29-42(50)27-33/h1-24,30-34,41-42H,25-29H2. The second-order valence-corrected chi connectivity index (χ2v) is 15.8. The lowest BCUT2D eigenvalue weighted by atomic mass is 9.43. The Balaban J connectivity index is 1.07. The minimum absolute atomic E-state index is 0.177. The minimum atomic E-state index is 0.177. The lowest BCUT2D eigenvalue weighted by Gasteiger charge is -2.61. The molecule has 1 spiro atoms. The molecular formula is C50H41N. The van der Waals surface area contributed by atoms with Gasteiger partial charge in [0.15, 0.2) is 0 Å². The Hall–Kier alpha value is -5.40. The molecule has 12 rings (SSSR count). The number of fused-ring (bicyclic) bond motifs is 4. The van der Waals surface area contributed by atoms with Gasteiger partial charge in [0.1, 0.15) is 0 Å². The third-order valence-electron chi connectivity index (χ3n) is 13.2. The van der Waals surface area contributed by atoms with Gasteiger partial charge < -0.3 is 4.90 Å². The van der Waals surface area contributed by atoms with E-state index >= 15 is 0 Å². The molecule has 0 aromatic heterocycles. The van der Waals surface area contributed by atoms with Crippen molar-refractivity contribution in [1.82, 2.24) is 0 Å². The van der Waals surface area contributed by atoms with Gasteiger partial charge in [-0.3, -0.25) is 0 Å². The second kappa shape index (κ2) is 11.3.